The van der Waals surface area contributed by atoms with E-state index in [9.17, 15) is 4.79 Å². The molecule has 4 nitrogen and oxygen atoms in total. The third-order valence-corrected chi connectivity index (χ3v) is 3.47. The van der Waals surface area contributed by atoms with E-state index in [0.717, 1.165) is 25.1 Å². The molecule has 0 saturated carbocycles. The summed E-state index contributed by atoms with van der Waals surface area (Å²) in [6.07, 6.45) is 1.85. The Morgan fingerprint density at radius 3 is 2.94 bits per heavy atom. The van der Waals surface area contributed by atoms with Gasteiger partial charge in [-0.1, -0.05) is 6.07 Å². The highest BCUT2D eigenvalue weighted by molar-refractivity contribution is 5.94. The van der Waals surface area contributed by atoms with Crippen molar-refractivity contribution < 1.29 is 9.53 Å². The Balaban J connectivity index is 2.13. The molecule has 4 heteroatoms. The van der Waals surface area contributed by atoms with E-state index in [1.54, 1.807) is 11.9 Å². The van der Waals surface area contributed by atoms with Crippen LogP contribution in [0.1, 0.15) is 25.5 Å². The van der Waals surface area contributed by atoms with Gasteiger partial charge < -0.3 is 4.74 Å². The first kappa shape index (κ1) is 13.0. The average Bonchev–Trinajstić information content (AvgIpc) is 2.37. The lowest BCUT2D eigenvalue weighted by atomic mass is 9.94. The van der Waals surface area contributed by atoms with Gasteiger partial charge in [-0.05, 0) is 38.8 Å². The fourth-order valence-corrected chi connectivity index (χ4v) is 2.32. The minimum Gasteiger partial charge on any atom is -0.378 e. The Bertz CT molecular complexity index is 434. The smallest absolute Gasteiger partial charge is 0.233 e. The summed E-state index contributed by atoms with van der Waals surface area (Å²) >= 11 is 0. The van der Waals surface area contributed by atoms with E-state index >= 15 is 0 Å². The fraction of sp³-hybridized carbons (Fsp3) is 0.571. The van der Waals surface area contributed by atoms with Crippen molar-refractivity contribution in [3.8, 4) is 0 Å². The first-order valence-corrected chi connectivity index (χ1v) is 6.42. The van der Waals surface area contributed by atoms with Crippen LogP contribution in [0.3, 0.4) is 0 Å². The van der Waals surface area contributed by atoms with Gasteiger partial charge in [0.1, 0.15) is 5.82 Å². The molecule has 18 heavy (non-hydrogen) atoms. The molecular formula is C14H20N2O2. The fourth-order valence-electron chi connectivity index (χ4n) is 2.32. The maximum atomic E-state index is 12.4. The van der Waals surface area contributed by atoms with Crippen molar-refractivity contribution in [2.24, 2.45) is 5.92 Å². The average molecular weight is 248 g/mol. The number of ether oxygens (including phenoxy) is 1. The summed E-state index contributed by atoms with van der Waals surface area (Å²) < 4.78 is 5.55. The molecule has 1 saturated heterocycles. The molecule has 0 N–H and O–H groups in total. The maximum Gasteiger partial charge on any atom is 0.233 e. The number of hydrogen-bond acceptors (Lipinski definition) is 3. The summed E-state index contributed by atoms with van der Waals surface area (Å²) in [6.45, 7) is 4.66. The second-order valence-electron chi connectivity index (χ2n) is 4.86. The standard InChI is InChI=1S/C14H20N2O2/c1-10-6-4-8-13(15-10)16(3)14(17)12-7-5-9-18-11(12)2/h4,6,8,11-12H,5,7,9H2,1-3H3/t11-,12-/m0/s1. The van der Waals surface area contributed by atoms with Crippen LogP contribution in [0.25, 0.3) is 0 Å². The Hall–Kier alpha value is -1.42. The van der Waals surface area contributed by atoms with Gasteiger partial charge in [-0.25, -0.2) is 4.98 Å². The Kier molecular flexibility index (Phi) is 3.97. The topological polar surface area (TPSA) is 42.4 Å². The normalized spacial score (nSPS) is 23.7. The monoisotopic (exact) mass is 248 g/mol. The largest absolute Gasteiger partial charge is 0.378 e. The Morgan fingerprint density at radius 1 is 1.50 bits per heavy atom. The summed E-state index contributed by atoms with van der Waals surface area (Å²) in [5.74, 6) is 0.754. The summed E-state index contributed by atoms with van der Waals surface area (Å²) in [5, 5.41) is 0. The Labute approximate surface area is 108 Å². The van der Waals surface area contributed by atoms with Crippen LogP contribution < -0.4 is 4.90 Å². The van der Waals surface area contributed by atoms with Crippen LogP contribution in [0.15, 0.2) is 18.2 Å². The lowest BCUT2D eigenvalue weighted by Gasteiger charge is -2.31. The zero-order valence-corrected chi connectivity index (χ0v) is 11.2. The van der Waals surface area contributed by atoms with Crippen molar-refractivity contribution in [2.75, 3.05) is 18.6 Å². The highest BCUT2D eigenvalue weighted by atomic mass is 16.5. The molecule has 0 bridgehead atoms. The number of anilines is 1. The van der Waals surface area contributed by atoms with Crippen molar-refractivity contribution >= 4 is 11.7 Å². The van der Waals surface area contributed by atoms with Gasteiger partial charge in [-0.15, -0.1) is 0 Å². The van der Waals surface area contributed by atoms with Crippen LogP contribution in [-0.2, 0) is 9.53 Å². The SMILES string of the molecule is Cc1cccc(N(C)C(=O)[C@H]2CCCO[C@H]2C)n1. The highest BCUT2D eigenvalue weighted by Crippen LogP contribution is 2.24. The molecule has 0 aliphatic carbocycles. The first-order chi connectivity index (χ1) is 8.59. The molecule has 2 heterocycles. The molecule has 1 fully saturated rings. The second kappa shape index (κ2) is 5.48. The third kappa shape index (κ3) is 2.70. The second-order valence-corrected chi connectivity index (χ2v) is 4.86. The lowest BCUT2D eigenvalue weighted by Crippen LogP contribution is -2.41. The molecule has 0 aromatic carbocycles. The number of nitrogens with zero attached hydrogens (tertiary/aromatic N) is 2. The van der Waals surface area contributed by atoms with Crippen LogP contribution in [0, 0.1) is 12.8 Å². The number of rotatable bonds is 2. The molecule has 1 aromatic rings. The summed E-state index contributed by atoms with van der Waals surface area (Å²) in [5.41, 5.74) is 0.917. The van der Waals surface area contributed by atoms with Crippen LogP contribution in [-0.4, -0.2) is 30.6 Å². The van der Waals surface area contributed by atoms with E-state index < -0.39 is 0 Å². The molecular weight excluding hydrogens is 228 g/mol. The van der Waals surface area contributed by atoms with Gasteiger partial charge in [0.15, 0.2) is 0 Å². The van der Waals surface area contributed by atoms with Crippen molar-refractivity contribution in [3.05, 3.63) is 23.9 Å². The van der Waals surface area contributed by atoms with Crippen molar-refractivity contribution in [1.29, 1.82) is 0 Å². The highest BCUT2D eigenvalue weighted by Gasteiger charge is 2.31. The van der Waals surface area contributed by atoms with Crippen molar-refractivity contribution in [3.63, 3.8) is 0 Å². The van der Waals surface area contributed by atoms with Crippen LogP contribution in [0.2, 0.25) is 0 Å². The third-order valence-electron chi connectivity index (χ3n) is 3.47. The quantitative estimate of drug-likeness (QED) is 0.805. The van der Waals surface area contributed by atoms with E-state index in [-0.39, 0.29) is 17.9 Å². The zero-order chi connectivity index (χ0) is 13.1. The number of carbonyl (C=O) groups excluding carboxylic acids is 1. The van der Waals surface area contributed by atoms with Crippen LogP contribution in [0.4, 0.5) is 5.82 Å². The zero-order valence-electron chi connectivity index (χ0n) is 11.2. The van der Waals surface area contributed by atoms with Gasteiger partial charge in [0.25, 0.3) is 0 Å². The molecule has 1 aliphatic heterocycles. The molecule has 0 radical (unpaired) electrons. The summed E-state index contributed by atoms with van der Waals surface area (Å²) in [4.78, 5) is 18.4. The van der Waals surface area contributed by atoms with E-state index in [0.29, 0.717) is 5.82 Å². The number of hydrogen-bond donors (Lipinski definition) is 0. The van der Waals surface area contributed by atoms with Gasteiger partial charge in [-0.2, -0.15) is 0 Å². The van der Waals surface area contributed by atoms with Crippen molar-refractivity contribution in [2.45, 2.75) is 32.8 Å². The van der Waals surface area contributed by atoms with Crippen molar-refractivity contribution in [1.82, 2.24) is 4.98 Å². The molecule has 1 aromatic heterocycles. The van der Waals surface area contributed by atoms with Gasteiger partial charge in [0.2, 0.25) is 5.91 Å². The van der Waals surface area contributed by atoms with Gasteiger partial charge in [0, 0.05) is 19.3 Å². The van der Waals surface area contributed by atoms with Gasteiger partial charge in [0.05, 0.1) is 12.0 Å². The molecule has 1 amide bonds. The molecule has 98 valence electrons. The number of aryl methyl sites for hydroxylation is 1. The first-order valence-electron chi connectivity index (χ1n) is 6.42. The van der Waals surface area contributed by atoms with Crippen LogP contribution in [0.5, 0.6) is 0 Å². The molecule has 1 aliphatic rings. The Morgan fingerprint density at radius 2 is 2.28 bits per heavy atom. The van der Waals surface area contributed by atoms with Gasteiger partial charge in [-0.3, -0.25) is 9.69 Å². The van der Waals surface area contributed by atoms with Crippen LogP contribution >= 0.6 is 0 Å². The van der Waals surface area contributed by atoms with E-state index in [1.807, 2.05) is 32.0 Å². The molecule has 0 spiro atoms. The predicted molar refractivity (Wildman–Crippen MR) is 70.5 cm³/mol. The lowest BCUT2D eigenvalue weighted by molar-refractivity contribution is -0.130. The summed E-state index contributed by atoms with van der Waals surface area (Å²) in [7, 11) is 1.78. The minimum absolute atomic E-state index is 0.00138. The number of pyridine rings is 1. The number of carbonyl (C=O) groups is 1. The summed E-state index contributed by atoms with van der Waals surface area (Å²) in [6, 6.07) is 5.70. The van der Waals surface area contributed by atoms with E-state index in [2.05, 4.69) is 4.98 Å². The molecule has 2 atom stereocenters. The van der Waals surface area contributed by atoms with E-state index in [1.165, 1.54) is 0 Å². The number of amides is 1. The molecule has 0 unspecified atom stereocenters. The van der Waals surface area contributed by atoms with Gasteiger partial charge >= 0.3 is 0 Å². The molecule has 2 rings (SSSR count). The van der Waals surface area contributed by atoms with E-state index in [4.69, 9.17) is 4.74 Å². The minimum atomic E-state index is -0.0499. The maximum absolute atomic E-state index is 12.4. The predicted octanol–water partition coefficient (Wildman–Crippen LogP) is 2.17. The number of aromatic nitrogens is 1.